The Bertz CT molecular complexity index is 404. The van der Waals surface area contributed by atoms with Crippen LogP contribution >= 0.6 is 15.9 Å². The minimum atomic E-state index is -0.161. The molecule has 0 saturated carbocycles. The molecule has 1 unspecified atom stereocenters. The molecule has 1 N–H and O–H groups in total. The van der Waals surface area contributed by atoms with Gasteiger partial charge in [-0.2, -0.15) is 0 Å². The molecule has 108 valence electrons. The molecular formula is C16H25BrFN. The zero-order valence-corrected chi connectivity index (χ0v) is 14.0. The van der Waals surface area contributed by atoms with E-state index in [1.807, 2.05) is 0 Å². The molecule has 3 heteroatoms. The van der Waals surface area contributed by atoms with Crippen LogP contribution < -0.4 is 5.32 Å². The van der Waals surface area contributed by atoms with E-state index in [0.29, 0.717) is 6.04 Å². The molecule has 1 rings (SSSR count). The van der Waals surface area contributed by atoms with Crippen LogP contribution in [0, 0.1) is 11.2 Å². The van der Waals surface area contributed by atoms with Crippen molar-refractivity contribution in [3.05, 3.63) is 34.1 Å². The number of hydrogen-bond donors (Lipinski definition) is 1. The number of nitrogens with one attached hydrogen (secondary N) is 1. The fourth-order valence-electron chi connectivity index (χ4n) is 2.56. The second-order valence-corrected chi connectivity index (χ2v) is 6.99. The zero-order valence-electron chi connectivity index (χ0n) is 12.4. The van der Waals surface area contributed by atoms with Crippen molar-refractivity contribution in [1.82, 2.24) is 5.32 Å². The molecule has 1 nitrogen and oxygen atoms in total. The van der Waals surface area contributed by atoms with Crippen LogP contribution in [0.3, 0.4) is 0 Å². The van der Waals surface area contributed by atoms with Gasteiger partial charge in [-0.05, 0) is 61.9 Å². The molecule has 0 aromatic heterocycles. The smallest absolute Gasteiger partial charge is 0.123 e. The second-order valence-electron chi connectivity index (χ2n) is 6.14. The molecule has 0 heterocycles. The molecule has 0 bridgehead atoms. The van der Waals surface area contributed by atoms with Crippen molar-refractivity contribution in [2.45, 2.75) is 53.0 Å². The van der Waals surface area contributed by atoms with Crippen molar-refractivity contribution in [1.29, 1.82) is 0 Å². The van der Waals surface area contributed by atoms with E-state index in [1.165, 1.54) is 6.07 Å². The predicted octanol–water partition coefficient (Wildman–Crippen LogP) is 4.94. The highest BCUT2D eigenvalue weighted by molar-refractivity contribution is 9.10. The first-order valence-corrected chi connectivity index (χ1v) is 7.80. The third kappa shape index (κ3) is 6.05. The van der Waals surface area contributed by atoms with Crippen LogP contribution in [0.1, 0.15) is 46.1 Å². The highest BCUT2D eigenvalue weighted by Crippen LogP contribution is 2.31. The SMILES string of the molecule is CCCNC(C)CC(C)(C)Cc1cc(F)ccc1Br. The van der Waals surface area contributed by atoms with Crippen molar-refractivity contribution < 1.29 is 4.39 Å². The molecule has 0 aliphatic carbocycles. The van der Waals surface area contributed by atoms with E-state index in [4.69, 9.17) is 0 Å². The van der Waals surface area contributed by atoms with Crippen molar-refractivity contribution in [3.63, 3.8) is 0 Å². The van der Waals surface area contributed by atoms with E-state index >= 15 is 0 Å². The molecule has 19 heavy (non-hydrogen) atoms. The van der Waals surface area contributed by atoms with Crippen LogP contribution in [0.15, 0.2) is 22.7 Å². The number of benzene rings is 1. The minimum absolute atomic E-state index is 0.149. The Hall–Kier alpha value is -0.410. The number of rotatable bonds is 7. The molecule has 0 aliphatic heterocycles. The van der Waals surface area contributed by atoms with Gasteiger partial charge >= 0.3 is 0 Å². The lowest BCUT2D eigenvalue weighted by Crippen LogP contribution is -2.32. The van der Waals surface area contributed by atoms with E-state index in [1.54, 1.807) is 12.1 Å². The van der Waals surface area contributed by atoms with Gasteiger partial charge in [0, 0.05) is 10.5 Å². The van der Waals surface area contributed by atoms with Gasteiger partial charge in [0.25, 0.3) is 0 Å². The lowest BCUT2D eigenvalue weighted by molar-refractivity contribution is 0.286. The number of hydrogen-bond acceptors (Lipinski definition) is 1. The first kappa shape index (κ1) is 16.6. The second kappa shape index (κ2) is 7.39. The Kier molecular flexibility index (Phi) is 6.48. The molecule has 0 aliphatic rings. The van der Waals surface area contributed by atoms with Gasteiger partial charge in [-0.15, -0.1) is 0 Å². The Morgan fingerprint density at radius 1 is 1.37 bits per heavy atom. The first-order valence-electron chi connectivity index (χ1n) is 7.01. The summed E-state index contributed by atoms with van der Waals surface area (Å²) in [5.74, 6) is -0.161. The average molecular weight is 330 g/mol. The monoisotopic (exact) mass is 329 g/mol. The van der Waals surface area contributed by atoms with Crippen LogP contribution in [0.2, 0.25) is 0 Å². The van der Waals surface area contributed by atoms with Gasteiger partial charge in [-0.1, -0.05) is 36.7 Å². The summed E-state index contributed by atoms with van der Waals surface area (Å²) in [6.45, 7) is 9.94. The lowest BCUT2D eigenvalue weighted by Gasteiger charge is -2.29. The highest BCUT2D eigenvalue weighted by atomic mass is 79.9. The Morgan fingerprint density at radius 2 is 2.05 bits per heavy atom. The van der Waals surface area contributed by atoms with Crippen LogP contribution in [-0.2, 0) is 6.42 Å². The van der Waals surface area contributed by atoms with E-state index in [-0.39, 0.29) is 11.2 Å². The standard InChI is InChI=1S/C16H25BrFN/c1-5-8-19-12(2)10-16(3,4)11-13-9-14(18)6-7-15(13)17/h6-7,9,12,19H,5,8,10-11H2,1-4H3. The van der Waals surface area contributed by atoms with Gasteiger partial charge in [0.05, 0.1) is 0 Å². The van der Waals surface area contributed by atoms with Crippen LogP contribution in [0.4, 0.5) is 4.39 Å². The van der Waals surface area contributed by atoms with E-state index in [9.17, 15) is 4.39 Å². The summed E-state index contributed by atoms with van der Waals surface area (Å²) in [6, 6.07) is 5.41. The molecule has 1 aromatic rings. The fraction of sp³-hybridized carbons (Fsp3) is 0.625. The Morgan fingerprint density at radius 3 is 2.68 bits per heavy atom. The van der Waals surface area contributed by atoms with Crippen LogP contribution in [0.5, 0.6) is 0 Å². The molecule has 0 radical (unpaired) electrons. The van der Waals surface area contributed by atoms with Crippen LogP contribution in [-0.4, -0.2) is 12.6 Å². The predicted molar refractivity (Wildman–Crippen MR) is 84.0 cm³/mol. The van der Waals surface area contributed by atoms with E-state index < -0.39 is 0 Å². The quantitative estimate of drug-likeness (QED) is 0.747. The zero-order chi connectivity index (χ0) is 14.5. The topological polar surface area (TPSA) is 12.0 Å². The van der Waals surface area contributed by atoms with Crippen molar-refractivity contribution in [2.75, 3.05) is 6.54 Å². The molecule has 0 fully saturated rings. The summed E-state index contributed by atoms with van der Waals surface area (Å²) in [5.41, 5.74) is 1.20. The average Bonchev–Trinajstić information content (AvgIpc) is 2.30. The van der Waals surface area contributed by atoms with Gasteiger partial charge in [0.15, 0.2) is 0 Å². The Balaban J connectivity index is 2.65. The van der Waals surface area contributed by atoms with Crippen molar-refractivity contribution in [3.8, 4) is 0 Å². The van der Waals surface area contributed by atoms with E-state index in [2.05, 4.69) is 48.9 Å². The van der Waals surface area contributed by atoms with Gasteiger partial charge in [-0.3, -0.25) is 0 Å². The molecule has 1 aromatic carbocycles. The third-order valence-corrected chi connectivity index (χ3v) is 4.05. The molecule has 1 atom stereocenters. The van der Waals surface area contributed by atoms with Gasteiger partial charge in [0.1, 0.15) is 5.82 Å². The van der Waals surface area contributed by atoms with Gasteiger partial charge < -0.3 is 5.32 Å². The number of halogens is 2. The maximum Gasteiger partial charge on any atom is 0.123 e. The van der Waals surface area contributed by atoms with E-state index in [0.717, 1.165) is 35.8 Å². The molecule has 0 spiro atoms. The first-order chi connectivity index (χ1) is 8.84. The summed E-state index contributed by atoms with van der Waals surface area (Å²) in [6.07, 6.45) is 3.11. The third-order valence-electron chi connectivity index (χ3n) is 3.28. The lowest BCUT2D eigenvalue weighted by atomic mass is 9.80. The largest absolute Gasteiger partial charge is 0.314 e. The van der Waals surface area contributed by atoms with Crippen LogP contribution in [0.25, 0.3) is 0 Å². The summed E-state index contributed by atoms with van der Waals surface area (Å²) in [5, 5.41) is 3.51. The molecule has 0 amide bonds. The van der Waals surface area contributed by atoms with Crippen molar-refractivity contribution in [2.24, 2.45) is 5.41 Å². The maximum atomic E-state index is 13.3. The summed E-state index contributed by atoms with van der Waals surface area (Å²) in [4.78, 5) is 0. The normalized spacial score (nSPS) is 13.6. The van der Waals surface area contributed by atoms with Gasteiger partial charge in [-0.25, -0.2) is 4.39 Å². The Labute approximate surface area is 125 Å². The molecule has 0 saturated heterocycles. The minimum Gasteiger partial charge on any atom is -0.314 e. The summed E-state index contributed by atoms with van der Waals surface area (Å²) in [7, 11) is 0. The summed E-state index contributed by atoms with van der Waals surface area (Å²) < 4.78 is 14.3. The maximum absolute atomic E-state index is 13.3. The summed E-state index contributed by atoms with van der Waals surface area (Å²) >= 11 is 3.51. The molecular weight excluding hydrogens is 305 g/mol. The highest BCUT2D eigenvalue weighted by Gasteiger charge is 2.22. The van der Waals surface area contributed by atoms with Gasteiger partial charge in [0.2, 0.25) is 0 Å². The van der Waals surface area contributed by atoms with Crippen molar-refractivity contribution >= 4 is 15.9 Å². The fourth-order valence-corrected chi connectivity index (χ4v) is 2.95.